The molecule has 0 aliphatic carbocycles. The van der Waals surface area contributed by atoms with Gasteiger partial charge in [-0.3, -0.25) is 0 Å². The average Bonchev–Trinajstić information content (AvgIpc) is 2.87. The molecular formula is C15H29NO2S. The summed E-state index contributed by atoms with van der Waals surface area (Å²) in [5.41, 5.74) is 0.174. The lowest BCUT2D eigenvalue weighted by atomic mass is 9.79. The smallest absolute Gasteiger partial charge is 0.0783 e. The van der Waals surface area contributed by atoms with Crippen molar-refractivity contribution in [2.24, 2.45) is 5.92 Å². The van der Waals surface area contributed by atoms with E-state index in [0.29, 0.717) is 12.0 Å². The summed E-state index contributed by atoms with van der Waals surface area (Å²) in [6, 6.07) is 0.469. The lowest BCUT2D eigenvalue weighted by Crippen LogP contribution is -2.51. The molecular weight excluding hydrogens is 258 g/mol. The summed E-state index contributed by atoms with van der Waals surface area (Å²) < 4.78 is 11.7. The Bertz CT molecular complexity index is 269. The van der Waals surface area contributed by atoms with Crippen LogP contribution in [0.25, 0.3) is 0 Å². The van der Waals surface area contributed by atoms with Gasteiger partial charge in [0.15, 0.2) is 0 Å². The van der Waals surface area contributed by atoms with Crippen molar-refractivity contribution in [3.05, 3.63) is 0 Å². The maximum atomic E-state index is 6.14. The number of methoxy groups -OCH3 is 1. The maximum absolute atomic E-state index is 6.14. The quantitative estimate of drug-likeness (QED) is 0.813. The fourth-order valence-electron chi connectivity index (χ4n) is 3.41. The third-order valence-electron chi connectivity index (χ3n) is 4.61. The van der Waals surface area contributed by atoms with E-state index < -0.39 is 0 Å². The molecule has 2 saturated heterocycles. The first-order valence-electron chi connectivity index (χ1n) is 7.68. The molecule has 2 fully saturated rings. The van der Waals surface area contributed by atoms with Crippen LogP contribution in [-0.4, -0.2) is 49.5 Å². The van der Waals surface area contributed by atoms with Crippen molar-refractivity contribution < 1.29 is 9.47 Å². The molecule has 0 aromatic rings. The van der Waals surface area contributed by atoms with Crippen molar-refractivity contribution in [1.29, 1.82) is 0 Å². The molecule has 4 unspecified atom stereocenters. The van der Waals surface area contributed by atoms with Gasteiger partial charge in [-0.05, 0) is 50.8 Å². The molecule has 0 amide bonds. The first kappa shape index (κ1) is 15.6. The molecule has 1 N–H and O–H groups in total. The minimum Gasteiger partial charge on any atom is -0.380 e. The Morgan fingerprint density at radius 1 is 1.53 bits per heavy atom. The average molecular weight is 287 g/mol. The molecule has 0 bridgehead atoms. The molecule has 19 heavy (non-hydrogen) atoms. The van der Waals surface area contributed by atoms with Gasteiger partial charge in [-0.2, -0.15) is 11.8 Å². The molecule has 1 spiro atoms. The first-order valence-corrected chi connectivity index (χ1v) is 8.84. The van der Waals surface area contributed by atoms with Gasteiger partial charge in [0, 0.05) is 25.5 Å². The first-order chi connectivity index (χ1) is 9.21. The molecule has 2 heterocycles. The zero-order chi connectivity index (χ0) is 13.7. The second-order valence-electron chi connectivity index (χ2n) is 6.01. The van der Waals surface area contributed by atoms with Crippen LogP contribution in [0.1, 0.15) is 39.5 Å². The number of hydrogen-bond acceptors (Lipinski definition) is 4. The number of nitrogens with one attached hydrogen (secondary N) is 1. The maximum Gasteiger partial charge on any atom is 0.0783 e. The van der Waals surface area contributed by atoms with Crippen molar-refractivity contribution in [3.8, 4) is 0 Å². The second-order valence-corrected chi connectivity index (χ2v) is 7.11. The third-order valence-corrected chi connectivity index (χ3v) is 5.84. The summed E-state index contributed by atoms with van der Waals surface area (Å²) in [6.07, 6.45) is 5.06. The fourth-order valence-corrected chi connectivity index (χ4v) is 4.79. The fraction of sp³-hybridized carbons (Fsp3) is 1.00. The van der Waals surface area contributed by atoms with Crippen LogP contribution in [0, 0.1) is 5.92 Å². The van der Waals surface area contributed by atoms with Crippen molar-refractivity contribution >= 4 is 11.8 Å². The number of ether oxygens (including phenoxy) is 2. The predicted molar refractivity (Wildman–Crippen MR) is 81.9 cm³/mol. The third kappa shape index (κ3) is 3.87. The van der Waals surface area contributed by atoms with Crippen molar-refractivity contribution in [2.45, 2.75) is 57.3 Å². The van der Waals surface area contributed by atoms with Gasteiger partial charge in [-0.1, -0.05) is 6.92 Å². The van der Waals surface area contributed by atoms with E-state index in [9.17, 15) is 0 Å². The number of thioether (sulfide) groups is 1. The van der Waals surface area contributed by atoms with E-state index in [4.69, 9.17) is 9.47 Å². The standard InChI is InChI=1S/C15H29NO2S/c1-4-7-16-14(12(2)17-3)13-5-8-18-15(10-13)6-9-19-11-15/h12-14,16H,4-11H2,1-3H3. The van der Waals surface area contributed by atoms with Crippen LogP contribution in [0.4, 0.5) is 0 Å². The van der Waals surface area contributed by atoms with E-state index in [2.05, 4.69) is 19.2 Å². The minimum atomic E-state index is 0.174. The molecule has 0 aromatic heterocycles. The van der Waals surface area contributed by atoms with Crippen molar-refractivity contribution in [2.75, 3.05) is 31.8 Å². The summed E-state index contributed by atoms with van der Waals surface area (Å²) in [6.45, 7) is 6.42. The highest BCUT2D eigenvalue weighted by Crippen LogP contribution is 2.41. The summed E-state index contributed by atoms with van der Waals surface area (Å²) in [5, 5.41) is 3.71. The minimum absolute atomic E-state index is 0.174. The molecule has 3 nitrogen and oxygen atoms in total. The molecule has 2 aliphatic heterocycles. The van der Waals surface area contributed by atoms with Gasteiger partial charge in [0.05, 0.1) is 11.7 Å². The van der Waals surface area contributed by atoms with Gasteiger partial charge < -0.3 is 14.8 Å². The molecule has 2 rings (SSSR count). The molecule has 112 valence electrons. The van der Waals surface area contributed by atoms with E-state index >= 15 is 0 Å². The van der Waals surface area contributed by atoms with Gasteiger partial charge in [-0.15, -0.1) is 0 Å². The zero-order valence-electron chi connectivity index (χ0n) is 12.6. The Morgan fingerprint density at radius 3 is 3.00 bits per heavy atom. The Balaban J connectivity index is 1.99. The van der Waals surface area contributed by atoms with Crippen LogP contribution in [0.2, 0.25) is 0 Å². The molecule has 0 aromatic carbocycles. The van der Waals surface area contributed by atoms with E-state index in [0.717, 1.165) is 13.2 Å². The highest BCUT2D eigenvalue weighted by Gasteiger charge is 2.43. The van der Waals surface area contributed by atoms with Crippen LogP contribution in [0.15, 0.2) is 0 Å². The van der Waals surface area contributed by atoms with Crippen LogP contribution in [-0.2, 0) is 9.47 Å². The molecule has 4 atom stereocenters. The normalized spacial score (nSPS) is 34.6. The van der Waals surface area contributed by atoms with E-state index in [1.807, 2.05) is 18.9 Å². The topological polar surface area (TPSA) is 30.5 Å². The van der Waals surface area contributed by atoms with Crippen molar-refractivity contribution in [3.63, 3.8) is 0 Å². The largest absolute Gasteiger partial charge is 0.380 e. The summed E-state index contributed by atoms with van der Waals surface area (Å²) in [5.74, 6) is 3.14. The summed E-state index contributed by atoms with van der Waals surface area (Å²) in [7, 11) is 1.83. The number of rotatable bonds is 6. The highest BCUT2D eigenvalue weighted by molar-refractivity contribution is 7.99. The molecule has 0 saturated carbocycles. The van der Waals surface area contributed by atoms with Crippen LogP contribution >= 0.6 is 11.8 Å². The lowest BCUT2D eigenvalue weighted by Gasteiger charge is -2.42. The van der Waals surface area contributed by atoms with Crippen molar-refractivity contribution in [1.82, 2.24) is 5.32 Å². The summed E-state index contributed by atoms with van der Waals surface area (Å²) >= 11 is 2.05. The highest BCUT2D eigenvalue weighted by atomic mass is 32.2. The Morgan fingerprint density at radius 2 is 2.37 bits per heavy atom. The predicted octanol–water partition coefficient (Wildman–Crippen LogP) is 2.69. The van der Waals surface area contributed by atoms with Gasteiger partial charge in [0.25, 0.3) is 0 Å². The van der Waals surface area contributed by atoms with Gasteiger partial charge in [0.1, 0.15) is 0 Å². The lowest BCUT2D eigenvalue weighted by molar-refractivity contribution is -0.0938. The van der Waals surface area contributed by atoms with E-state index in [-0.39, 0.29) is 11.7 Å². The van der Waals surface area contributed by atoms with E-state index in [1.165, 1.54) is 37.2 Å². The van der Waals surface area contributed by atoms with Crippen LogP contribution in [0.3, 0.4) is 0 Å². The Kier molecular flexibility index (Phi) is 6.00. The molecule has 0 radical (unpaired) electrons. The second kappa shape index (κ2) is 7.30. The van der Waals surface area contributed by atoms with E-state index in [1.54, 1.807) is 0 Å². The van der Waals surface area contributed by atoms with Gasteiger partial charge in [0.2, 0.25) is 0 Å². The van der Waals surface area contributed by atoms with Gasteiger partial charge in [-0.25, -0.2) is 0 Å². The van der Waals surface area contributed by atoms with Gasteiger partial charge >= 0.3 is 0 Å². The monoisotopic (exact) mass is 287 g/mol. The Hall–Kier alpha value is 0.230. The van der Waals surface area contributed by atoms with Crippen LogP contribution in [0.5, 0.6) is 0 Å². The zero-order valence-corrected chi connectivity index (χ0v) is 13.4. The molecule has 4 heteroatoms. The SMILES string of the molecule is CCCNC(C1CCOC2(CCSC2)C1)C(C)OC. The molecule has 2 aliphatic rings. The summed E-state index contributed by atoms with van der Waals surface area (Å²) in [4.78, 5) is 0. The number of hydrogen-bond donors (Lipinski definition) is 1. The Labute approximate surface area is 122 Å². The van der Waals surface area contributed by atoms with Crippen LogP contribution < -0.4 is 5.32 Å².